The van der Waals surface area contributed by atoms with Gasteiger partial charge in [0.2, 0.25) is 0 Å². The van der Waals surface area contributed by atoms with E-state index in [9.17, 15) is 18.0 Å². The van der Waals surface area contributed by atoms with Crippen molar-refractivity contribution in [3.8, 4) is 0 Å². The molecule has 2 rings (SSSR count). The lowest BCUT2D eigenvalue weighted by Gasteiger charge is -2.06. The van der Waals surface area contributed by atoms with Crippen molar-refractivity contribution in [2.45, 2.75) is 13.1 Å². The van der Waals surface area contributed by atoms with Crippen LogP contribution in [0, 0.1) is 6.92 Å². The number of halogens is 3. The Bertz CT molecular complexity index is 688. The van der Waals surface area contributed by atoms with Crippen LogP contribution in [0.15, 0.2) is 41.3 Å². The van der Waals surface area contributed by atoms with Crippen LogP contribution in [0.3, 0.4) is 0 Å². The molecule has 0 atom stereocenters. The van der Waals surface area contributed by atoms with Crippen LogP contribution in [0.5, 0.6) is 0 Å². The number of amides is 1. The van der Waals surface area contributed by atoms with E-state index in [1.807, 2.05) is 19.1 Å². The van der Waals surface area contributed by atoms with E-state index in [1.54, 1.807) is 12.3 Å². The van der Waals surface area contributed by atoms with Gasteiger partial charge in [0.1, 0.15) is 12.1 Å². The van der Waals surface area contributed by atoms with Gasteiger partial charge in [-0.2, -0.15) is 13.2 Å². The number of carboxylic acids is 1. The first-order chi connectivity index (χ1) is 11.7. The van der Waals surface area contributed by atoms with E-state index in [4.69, 9.17) is 14.3 Å². The van der Waals surface area contributed by atoms with E-state index in [0.717, 1.165) is 11.4 Å². The van der Waals surface area contributed by atoms with Crippen LogP contribution >= 0.6 is 0 Å². The van der Waals surface area contributed by atoms with Crippen LogP contribution in [0.2, 0.25) is 0 Å². The largest absolute Gasteiger partial charge is 0.490 e. The molecule has 0 aliphatic heterocycles. The van der Waals surface area contributed by atoms with E-state index in [-0.39, 0.29) is 5.91 Å². The third-order valence-electron chi connectivity index (χ3n) is 2.66. The number of hydrogen-bond donors (Lipinski definition) is 3. The molecule has 0 saturated carbocycles. The number of rotatable bonds is 5. The summed E-state index contributed by atoms with van der Waals surface area (Å²) >= 11 is 0. The summed E-state index contributed by atoms with van der Waals surface area (Å²) in [6.07, 6.45) is -0.434. The van der Waals surface area contributed by atoms with Crippen LogP contribution in [0.25, 0.3) is 0 Å². The highest BCUT2D eigenvalue weighted by atomic mass is 19.4. The summed E-state index contributed by atoms with van der Waals surface area (Å²) in [4.78, 5) is 24.6. The van der Waals surface area contributed by atoms with E-state index >= 15 is 0 Å². The number of carboxylic acid groups (broad SMARTS) is 1. The molecule has 136 valence electrons. The topological polar surface area (TPSA) is 104 Å². The first-order valence-corrected chi connectivity index (χ1v) is 6.97. The summed E-state index contributed by atoms with van der Waals surface area (Å²) in [5.74, 6) is -2.08. The number of aliphatic carboxylic acids is 1. The molecule has 0 aliphatic rings. The predicted octanol–water partition coefficient (Wildman–Crippen LogP) is 2.46. The number of pyridine rings is 1. The number of nitrogens with one attached hydrogen (secondary N) is 2. The van der Waals surface area contributed by atoms with Gasteiger partial charge < -0.3 is 20.2 Å². The Morgan fingerprint density at radius 1 is 1.28 bits per heavy atom. The Morgan fingerprint density at radius 3 is 2.48 bits per heavy atom. The molecule has 25 heavy (non-hydrogen) atoms. The zero-order valence-corrected chi connectivity index (χ0v) is 13.1. The third-order valence-corrected chi connectivity index (χ3v) is 2.66. The van der Waals surface area contributed by atoms with Gasteiger partial charge in [-0.05, 0) is 30.7 Å². The van der Waals surface area contributed by atoms with Crippen LogP contribution < -0.4 is 10.6 Å². The standard InChI is InChI=1S/C13H15N3O2.C2HF3O2/c1-10-2-4-14-12(8-10)15-5-6-16-13(17)11-3-7-18-9-11;3-2(4,5)1(6)7/h2-4,7-9H,5-6H2,1H3,(H,14,15)(H,16,17);(H,6,7). The number of aryl methyl sites for hydroxylation is 1. The molecule has 0 bridgehead atoms. The van der Waals surface area contributed by atoms with Crippen LogP contribution in [0.1, 0.15) is 15.9 Å². The number of alkyl halides is 3. The highest BCUT2D eigenvalue weighted by molar-refractivity contribution is 5.93. The van der Waals surface area contributed by atoms with Crippen molar-refractivity contribution < 1.29 is 32.3 Å². The molecule has 3 N–H and O–H groups in total. The maximum atomic E-state index is 11.6. The fourth-order valence-electron chi connectivity index (χ4n) is 1.50. The van der Waals surface area contributed by atoms with Gasteiger partial charge in [-0.25, -0.2) is 9.78 Å². The molecule has 0 unspecified atom stereocenters. The van der Waals surface area contributed by atoms with E-state index in [0.29, 0.717) is 18.7 Å². The Morgan fingerprint density at radius 2 is 1.96 bits per heavy atom. The Hall–Kier alpha value is -3.04. The molecule has 0 spiro atoms. The van der Waals surface area contributed by atoms with Gasteiger partial charge in [0.05, 0.1) is 11.8 Å². The maximum absolute atomic E-state index is 11.6. The third kappa shape index (κ3) is 7.86. The van der Waals surface area contributed by atoms with Crippen molar-refractivity contribution in [2.75, 3.05) is 18.4 Å². The second-order valence-electron chi connectivity index (χ2n) is 4.72. The molecule has 7 nitrogen and oxygen atoms in total. The zero-order valence-electron chi connectivity index (χ0n) is 13.1. The molecule has 0 fully saturated rings. The number of nitrogens with zero attached hydrogens (tertiary/aromatic N) is 1. The van der Waals surface area contributed by atoms with Gasteiger partial charge in [0, 0.05) is 19.3 Å². The first-order valence-electron chi connectivity index (χ1n) is 6.97. The highest BCUT2D eigenvalue weighted by Gasteiger charge is 2.38. The van der Waals surface area contributed by atoms with E-state index in [1.165, 1.54) is 12.5 Å². The molecule has 10 heteroatoms. The minimum atomic E-state index is -5.08. The second-order valence-corrected chi connectivity index (χ2v) is 4.72. The van der Waals surface area contributed by atoms with Gasteiger partial charge in [-0.15, -0.1) is 0 Å². The molecule has 2 aromatic rings. The normalized spacial score (nSPS) is 10.4. The molecule has 2 aromatic heterocycles. The Balaban J connectivity index is 0.000000381. The summed E-state index contributed by atoms with van der Waals surface area (Å²) in [6.45, 7) is 3.16. The molecule has 0 aromatic carbocycles. The Labute approximate surface area is 140 Å². The molecular formula is C15H16F3N3O4. The van der Waals surface area contributed by atoms with Crippen molar-refractivity contribution in [2.24, 2.45) is 0 Å². The number of aromatic nitrogens is 1. The van der Waals surface area contributed by atoms with Crippen molar-refractivity contribution >= 4 is 17.7 Å². The fraction of sp³-hybridized carbons (Fsp3) is 0.267. The summed E-state index contributed by atoms with van der Waals surface area (Å²) in [7, 11) is 0. The predicted molar refractivity (Wildman–Crippen MR) is 82.2 cm³/mol. The van der Waals surface area contributed by atoms with Gasteiger partial charge >= 0.3 is 12.1 Å². The summed E-state index contributed by atoms with van der Waals surface area (Å²) in [6, 6.07) is 5.52. The van der Waals surface area contributed by atoms with Crippen LogP contribution in [0.4, 0.5) is 19.0 Å². The SMILES string of the molecule is Cc1ccnc(NCCNC(=O)c2ccoc2)c1.O=C(O)C(F)(F)F. The smallest absolute Gasteiger partial charge is 0.475 e. The maximum Gasteiger partial charge on any atom is 0.490 e. The molecule has 0 radical (unpaired) electrons. The average molecular weight is 359 g/mol. The Kier molecular flexibility index (Phi) is 7.44. The number of furan rings is 1. The van der Waals surface area contributed by atoms with Crippen molar-refractivity contribution in [3.63, 3.8) is 0 Å². The lowest BCUT2D eigenvalue weighted by molar-refractivity contribution is -0.192. The summed E-state index contributed by atoms with van der Waals surface area (Å²) in [5, 5.41) is 13.0. The van der Waals surface area contributed by atoms with E-state index < -0.39 is 12.1 Å². The lowest BCUT2D eigenvalue weighted by Crippen LogP contribution is -2.28. The van der Waals surface area contributed by atoms with Gasteiger partial charge in [0.25, 0.3) is 5.91 Å². The van der Waals surface area contributed by atoms with Crippen molar-refractivity contribution in [1.29, 1.82) is 0 Å². The number of hydrogen-bond acceptors (Lipinski definition) is 5. The van der Waals surface area contributed by atoms with Crippen LogP contribution in [-0.2, 0) is 4.79 Å². The van der Waals surface area contributed by atoms with Crippen molar-refractivity contribution in [3.05, 3.63) is 48.0 Å². The van der Waals surface area contributed by atoms with Gasteiger partial charge in [-0.3, -0.25) is 4.79 Å². The number of carbonyl (C=O) groups excluding carboxylic acids is 1. The molecule has 2 heterocycles. The van der Waals surface area contributed by atoms with Gasteiger partial charge in [0.15, 0.2) is 0 Å². The summed E-state index contributed by atoms with van der Waals surface area (Å²) in [5.41, 5.74) is 1.68. The fourth-order valence-corrected chi connectivity index (χ4v) is 1.50. The minimum Gasteiger partial charge on any atom is -0.475 e. The minimum absolute atomic E-state index is 0.136. The monoisotopic (exact) mass is 359 g/mol. The molecule has 1 amide bonds. The first kappa shape index (κ1) is 20.0. The van der Waals surface area contributed by atoms with Crippen LogP contribution in [-0.4, -0.2) is 41.2 Å². The number of anilines is 1. The number of carbonyl (C=O) groups is 2. The quantitative estimate of drug-likeness (QED) is 0.709. The van der Waals surface area contributed by atoms with Crippen molar-refractivity contribution in [1.82, 2.24) is 10.3 Å². The molecule has 0 aliphatic carbocycles. The summed E-state index contributed by atoms with van der Waals surface area (Å²) < 4.78 is 36.6. The second kappa shape index (κ2) is 9.30. The lowest BCUT2D eigenvalue weighted by atomic mass is 10.3. The van der Waals surface area contributed by atoms with E-state index in [2.05, 4.69) is 15.6 Å². The molecular weight excluding hydrogens is 343 g/mol. The zero-order chi connectivity index (χ0) is 18.9. The highest BCUT2D eigenvalue weighted by Crippen LogP contribution is 2.13. The van der Waals surface area contributed by atoms with Gasteiger partial charge in [-0.1, -0.05) is 0 Å². The molecule has 0 saturated heterocycles. The average Bonchev–Trinajstić information content (AvgIpc) is 3.05.